The fraction of sp³-hybridized carbons (Fsp3) is 0.846. The molecule has 0 atom stereocenters. The third-order valence-corrected chi connectivity index (χ3v) is 4.06. The zero-order valence-electron chi connectivity index (χ0n) is 11.6. The van der Waals surface area contributed by atoms with Crippen LogP contribution in [0.15, 0.2) is 0 Å². The first kappa shape index (κ1) is 14.1. The molecule has 1 saturated carbocycles. The number of ether oxygens (including phenoxy) is 1. The number of rotatable bonds is 3. The van der Waals surface area contributed by atoms with Gasteiger partial charge in [0.25, 0.3) is 0 Å². The van der Waals surface area contributed by atoms with E-state index in [-0.39, 0.29) is 18.0 Å². The predicted molar refractivity (Wildman–Crippen MR) is 69.0 cm³/mol. The highest BCUT2D eigenvalue weighted by atomic mass is 16.5. The molecule has 6 nitrogen and oxygen atoms in total. The Bertz CT molecular complexity index is 377. The maximum absolute atomic E-state index is 12.4. The van der Waals surface area contributed by atoms with Gasteiger partial charge in [0, 0.05) is 6.54 Å². The summed E-state index contributed by atoms with van der Waals surface area (Å²) in [5.74, 6) is -0.860. The summed E-state index contributed by atoms with van der Waals surface area (Å²) in [4.78, 5) is 25.0. The number of carbonyl (C=O) groups excluding carboxylic acids is 1. The Hall–Kier alpha value is -1.30. The number of hydrogen-bond acceptors (Lipinski definition) is 3. The number of morpholine rings is 1. The maximum atomic E-state index is 12.4. The van der Waals surface area contributed by atoms with Crippen molar-refractivity contribution in [3.8, 4) is 0 Å². The van der Waals surface area contributed by atoms with Crippen molar-refractivity contribution in [2.45, 2.75) is 50.6 Å². The average Bonchev–Trinajstić information content (AvgIpc) is 2.24. The lowest BCUT2D eigenvalue weighted by molar-refractivity contribution is -0.139. The van der Waals surface area contributed by atoms with Crippen LogP contribution in [0.3, 0.4) is 0 Å². The van der Waals surface area contributed by atoms with Crippen LogP contribution < -0.4 is 5.32 Å². The van der Waals surface area contributed by atoms with Crippen molar-refractivity contribution in [2.24, 2.45) is 0 Å². The Morgan fingerprint density at radius 3 is 2.53 bits per heavy atom. The van der Waals surface area contributed by atoms with Gasteiger partial charge in [-0.3, -0.25) is 4.79 Å². The molecule has 1 heterocycles. The molecule has 108 valence electrons. The first-order chi connectivity index (χ1) is 8.85. The molecule has 0 aromatic heterocycles. The minimum Gasteiger partial charge on any atom is -0.481 e. The lowest BCUT2D eigenvalue weighted by atomic mass is 9.74. The molecule has 2 fully saturated rings. The van der Waals surface area contributed by atoms with E-state index in [2.05, 4.69) is 5.32 Å². The minimum atomic E-state index is -0.860. The van der Waals surface area contributed by atoms with Crippen LogP contribution in [-0.4, -0.2) is 52.8 Å². The number of aliphatic carboxylic acids is 1. The van der Waals surface area contributed by atoms with E-state index in [1.54, 1.807) is 4.90 Å². The summed E-state index contributed by atoms with van der Waals surface area (Å²) in [6.45, 7) is 5.49. The van der Waals surface area contributed by atoms with Gasteiger partial charge < -0.3 is 20.1 Å². The topological polar surface area (TPSA) is 78.9 Å². The predicted octanol–water partition coefficient (Wildman–Crippen LogP) is 1.20. The van der Waals surface area contributed by atoms with E-state index in [0.717, 1.165) is 19.3 Å². The summed E-state index contributed by atoms with van der Waals surface area (Å²) in [7, 11) is 0. The molecule has 19 heavy (non-hydrogen) atoms. The van der Waals surface area contributed by atoms with Gasteiger partial charge >= 0.3 is 12.0 Å². The summed E-state index contributed by atoms with van der Waals surface area (Å²) >= 11 is 0. The van der Waals surface area contributed by atoms with E-state index in [0.29, 0.717) is 19.8 Å². The van der Waals surface area contributed by atoms with Crippen molar-refractivity contribution in [1.82, 2.24) is 10.2 Å². The molecule has 0 bridgehead atoms. The normalized spacial score (nSPS) is 24.4. The highest BCUT2D eigenvalue weighted by molar-refractivity contribution is 5.78. The van der Waals surface area contributed by atoms with Gasteiger partial charge in [0.05, 0.1) is 30.7 Å². The highest BCUT2D eigenvalue weighted by Gasteiger charge is 2.43. The summed E-state index contributed by atoms with van der Waals surface area (Å²) in [6.07, 6.45) is 2.47. The van der Waals surface area contributed by atoms with Crippen molar-refractivity contribution in [3.05, 3.63) is 0 Å². The minimum absolute atomic E-state index is 0.00348. The van der Waals surface area contributed by atoms with Crippen LogP contribution in [0.25, 0.3) is 0 Å². The molecule has 1 aliphatic heterocycles. The number of nitrogens with zero attached hydrogens (tertiary/aromatic N) is 1. The van der Waals surface area contributed by atoms with Gasteiger partial charge in [-0.1, -0.05) is 0 Å². The largest absolute Gasteiger partial charge is 0.481 e. The van der Waals surface area contributed by atoms with Crippen molar-refractivity contribution < 1.29 is 19.4 Å². The second-order valence-corrected chi connectivity index (χ2v) is 6.15. The Balaban J connectivity index is 2.01. The van der Waals surface area contributed by atoms with Gasteiger partial charge in [-0.2, -0.15) is 0 Å². The molecule has 0 aromatic carbocycles. The fourth-order valence-corrected chi connectivity index (χ4v) is 2.77. The van der Waals surface area contributed by atoms with E-state index < -0.39 is 11.5 Å². The number of urea groups is 1. The zero-order valence-corrected chi connectivity index (χ0v) is 11.6. The number of carboxylic acid groups (broad SMARTS) is 1. The number of nitrogens with one attached hydrogen (secondary N) is 1. The maximum Gasteiger partial charge on any atom is 0.318 e. The highest BCUT2D eigenvalue weighted by Crippen LogP contribution is 2.35. The molecule has 1 saturated heterocycles. The molecule has 2 rings (SSSR count). The van der Waals surface area contributed by atoms with E-state index in [9.17, 15) is 9.59 Å². The van der Waals surface area contributed by atoms with Crippen molar-refractivity contribution in [1.29, 1.82) is 0 Å². The molecule has 0 radical (unpaired) electrons. The van der Waals surface area contributed by atoms with E-state index in [1.807, 2.05) is 13.8 Å². The van der Waals surface area contributed by atoms with Gasteiger partial charge in [-0.25, -0.2) is 4.79 Å². The van der Waals surface area contributed by atoms with Gasteiger partial charge in [0.15, 0.2) is 0 Å². The van der Waals surface area contributed by atoms with E-state index in [1.165, 1.54) is 0 Å². The van der Waals surface area contributed by atoms with Crippen LogP contribution in [0.5, 0.6) is 0 Å². The van der Waals surface area contributed by atoms with Crippen LogP contribution in [0.1, 0.15) is 39.5 Å². The summed E-state index contributed by atoms with van der Waals surface area (Å²) in [5.41, 5.74) is -0.895. The third-order valence-electron chi connectivity index (χ3n) is 4.06. The second-order valence-electron chi connectivity index (χ2n) is 6.15. The SMILES string of the molecule is CC1(C)COCCN1C(=O)NC1(CC(=O)O)CCC1. The van der Waals surface area contributed by atoms with Crippen LogP contribution >= 0.6 is 0 Å². The van der Waals surface area contributed by atoms with Crippen molar-refractivity contribution >= 4 is 12.0 Å². The first-order valence-electron chi connectivity index (χ1n) is 6.74. The Morgan fingerprint density at radius 2 is 2.05 bits per heavy atom. The van der Waals surface area contributed by atoms with E-state index >= 15 is 0 Å². The summed E-state index contributed by atoms with van der Waals surface area (Å²) < 4.78 is 5.38. The Labute approximate surface area is 113 Å². The average molecular weight is 270 g/mol. The quantitative estimate of drug-likeness (QED) is 0.807. The van der Waals surface area contributed by atoms with Crippen LogP contribution in [-0.2, 0) is 9.53 Å². The number of carboxylic acids is 1. The molecular weight excluding hydrogens is 248 g/mol. The molecule has 6 heteroatoms. The monoisotopic (exact) mass is 270 g/mol. The van der Waals surface area contributed by atoms with E-state index in [4.69, 9.17) is 9.84 Å². The van der Waals surface area contributed by atoms with Crippen LogP contribution in [0.4, 0.5) is 4.79 Å². The summed E-state index contributed by atoms with van der Waals surface area (Å²) in [6, 6.07) is -0.172. The van der Waals surface area contributed by atoms with Gasteiger partial charge in [-0.15, -0.1) is 0 Å². The van der Waals surface area contributed by atoms with Crippen LogP contribution in [0, 0.1) is 0 Å². The molecule has 0 aromatic rings. The Morgan fingerprint density at radius 1 is 1.37 bits per heavy atom. The van der Waals surface area contributed by atoms with Gasteiger partial charge in [0.2, 0.25) is 0 Å². The first-order valence-corrected chi connectivity index (χ1v) is 6.74. The van der Waals surface area contributed by atoms with Crippen LogP contribution in [0.2, 0.25) is 0 Å². The number of amides is 2. The third kappa shape index (κ3) is 3.00. The fourth-order valence-electron chi connectivity index (χ4n) is 2.77. The molecule has 2 amide bonds. The lowest BCUT2D eigenvalue weighted by Gasteiger charge is -2.47. The molecular formula is C13H22N2O4. The van der Waals surface area contributed by atoms with Crippen molar-refractivity contribution in [2.75, 3.05) is 19.8 Å². The van der Waals surface area contributed by atoms with Gasteiger partial charge in [-0.05, 0) is 33.1 Å². The van der Waals surface area contributed by atoms with Gasteiger partial charge in [0.1, 0.15) is 0 Å². The molecule has 2 N–H and O–H groups in total. The zero-order chi connectivity index (χ0) is 14.1. The lowest BCUT2D eigenvalue weighted by Crippen LogP contribution is -2.64. The molecule has 1 aliphatic carbocycles. The smallest absolute Gasteiger partial charge is 0.318 e. The standard InChI is InChI=1S/C13H22N2O4/c1-12(2)9-19-7-6-15(12)11(18)14-13(4-3-5-13)8-10(16)17/h3-9H2,1-2H3,(H,14,18)(H,16,17). The van der Waals surface area contributed by atoms with Crippen molar-refractivity contribution in [3.63, 3.8) is 0 Å². The number of hydrogen-bond donors (Lipinski definition) is 2. The molecule has 0 spiro atoms. The Kier molecular flexibility index (Phi) is 3.71. The second kappa shape index (κ2) is 5.00. The molecule has 2 aliphatic rings. The number of carbonyl (C=O) groups is 2. The summed E-state index contributed by atoms with van der Waals surface area (Å²) in [5, 5.41) is 11.9. The molecule has 0 unspecified atom stereocenters.